The predicted octanol–water partition coefficient (Wildman–Crippen LogP) is 2.85. The molecule has 0 aliphatic carbocycles. The molecule has 11 heteroatoms. The van der Waals surface area contributed by atoms with Crippen LogP contribution in [0.3, 0.4) is 0 Å². The largest absolute Gasteiger partial charge is 0.508 e. The maximum atomic E-state index is 13.5. The van der Waals surface area contributed by atoms with Crippen LogP contribution in [-0.4, -0.2) is 32.1 Å². The van der Waals surface area contributed by atoms with Crippen LogP contribution >= 0.6 is 23.1 Å². The molecule has 9 nitrogen and oxygen atoms in total. The van der Waals surface area contributed by atoms with Gasteiger partial charge in [-0.15, -0.1) is 0 Å². The number of aromatic amines is 1. The molecule has 0 spiro atoms. The molecule has 0 saturated carbocycles. The summed E-state index contributed by atoms with van der Waals surface area (Å²) < 4.78 is 0. The van der Waals surface area contributed by atoms with Crippen molar-refractivity contribution < 1.29 is 19.6 Å². The minimum absolute atomic E-state index is 0.136. The van der Waals surface area contributed by atoms with Crippen molar-refractivity contribution in [3.8, 4) is 5.75 Å². The molecule has 156 valence electrons. The lowest BCUT2D eigenvalue weighted by Crippen LogP contribution is -2.32. The van der Waals surface area contributed by atoms with Crippen LogP contribution in [0.4, 0.5) is 11.4 Å². The number of nitrogens with zero attached hydrogens (tertiary/aromatic N) is 2. The van der Waals surface area contributed by atoms with Crippen molar-refractivity contribution in [1.29, 1.82) is 0 Å². The molecule has 2 aliphatic rings. The maximum Gasteiger partial charge on any atom is 0.305 e. The number of non-ortho nitro benzene ring substituents is 1. The lowest BCUT2D eigenvalue weighted by atomic mass is 9.82. The van der Waals surface area contributed by atoms with Crippen molar-refractivity contribution in [2.45, 2.75) is 16.2 Å². The number of benzene rings is 2. The number of carbonyl (C=O) groups excluding carboxylic acids is 2. The Morgan fingerprint density at radius 3 is 2.52 bits per heavy atom. The molecule has 2 amide bonds. The van der Waals surface area contributed by atoms with E-state index in [1.807, 2.05) is 0 Å². The third-order valence-corrected chi connectivity index (χ3v) is 7.80. The number of thiazole rings is 1. The maximum absolute atomic E-state index is 13.5. The number of phenols is 1. The minimum Gasteiger partial charge on any atom is -0.508 e. The average molecular weight is 455 g/mol. The monoisotopic (exact) mass is 455 g/mol. The van der Waals surface area contributed by atoms with Crippen LogP contribution in [0.2, 0.25) is 0 Å². The first kappa shape index (κ1) is 19.5. The molecule has 3 heterocycles. The van der Waals surface area contributed by atoms with E-state index in [2.05, 4.69) is 4.98 Å². The van der Waals surface area contributed by atoms with Crippen LogP contribution in [0, 0.1) is 16.0 Å². The number of anilines is 1. The number of thioether (sulfide) groups is 1. The number of aromatic hydroxyl groups is 1. The van der Waals surface area contributed by atoms with Crippen LogP contribution < -0.4 is 9.77 Å². The van der Waals surface area contributed by atoms with Crippen LogP contribution in [0.15, 0.2) is 58.4 Å². The molecule has 1 fully saturated rings. The lowest BCUT2D eigenvalue weighted by molar-refractivity contribution is -0.385. The van der Waals surface area contributed by atoms with E-state index in [9.17, 15) is 29.6 Å². The van der Waals surface area contributed by atoms with Crippen molar-refractivity contribution in [2.75, 3.05) is 4.90 Å². The van der Waals surface area contributed by atoms with E-state index >= 15 is 0 Å². The normalized spacial score (nSPS) is 22.3. The molecule has 1 saturated heterocycles. The summed E-state index contributed by atoms with van der Waals surface area (Å²) in [7, 11) is 0. The number of fused-ring (bicyclic) bond motifs is 2. The summed E-state index contributed by atoms with van der Waals surface area (Å²) in [6.07, 6.45) is 0. The van der Waals surface area contributed by atoms with Gasteiger partial charge in [-0.3, -0.25) is 24.5 Å². The van der Waals surface area contributed by atoms with Gasteiger partial charge in [-0.2, -0.15) is 0 Å². The van der Waals surface area contributed by atoms with Gasteiger partial charge in [-0.05, 0) is 18.2 Å². The molecule has 3 atom stereocenters. The molecular weight excluding hydrogens is 442 g/mol. The van der Waals surface area contributed by atoms with Gasteiger partial charge in [0.2, 0.25) is 11.8 Å². The number of nitro benzene ring substituents is 1. The van der Waals surface area contributed by atoms with Gasteiger partial charge in [0.05, 0.1) is 21.6 Å². The number of imide groups is 1. The van der Waals surface area contributed by atoms with Gasteiger partial charge in [0, 0.05) is 28.5 Å². The number of hydrogen-bond donors (Lipinski definition) is 2. The summed E-state index contributed by atoms with van der Waals surface area (Å²) in [6.45, 7) is 0. The highest BCUT2D eigenvalue weighted by Gasteiger charge is 2.56. The number of rotatable bonds is 3. The molecule has 2 N–H and O–H groups in total. The molecule has 5 rings (SSSR count). The molecule has 2 aliphatic heterocycles. The Bertz CT molecular complexity index is 1300. The van der Waals surface area contributed by atoms with E-state index in [1.165, 1.54) is 12.1 Å². The van der Waals surface area contributed by atoms with Crippen molar-refractivity contribution in [2.24, 2.45) is 5.92 Å². The van der Waals surface area contributed by atoms with Crippen LogP contribution in [0.25, 0.3) is 0 Å². The first-order chi connectivity index (χ1) is 14.9. The van der Waals surface area contributed by atoms with Crippen molar-refractivity contribution in [1.82, 2.24) is 4.98 Å². The van der Waals surface area contributed by atoms with E-state index in [0.29, 0.717) is 15.6 Å². The van der Waals surface area contributed by atoms with E-state index in [0.717, 1.165) is 34.1 Å². The number of H-pyrrole nitrogens is 1. The highest BCUT2D eigenvalue weighted by molar-refractivity contribution is 8.00. The molecule has 0 radical (unpaired) electrons. The Morgan fingerprint density at radius 1 is 1.06 bits per heavy atom. The highest BCUT2D eigenvalue weighted by Crippen LogP contribution is 2.54. The topological polar surface area (TPSA) is 134 Å². The van der Waals surface area contributed by atoms with E-state index in [-0.39, 0.29) is 21.9 Å². The third-order valence-electron chi connectivity index (χ3n) is 5.40. The molecular formula is C20H13N3O6S2. The molecule has 2 aromatic carbocycles. The Kier molecular flexibility index (Phi) is 4.45. The second kappa shape index (κ2) is 7.06. The van der Waals surface area contributed by atoms with Gasteiger partial charge in [-0.25, -0.2) is 4.90 Å². The van der Waals surface area contributed by atoms with Gasteiger partial charge in [0.25, 0.3) is 5.69 Å². The molecule has 3 aromatic rings. The van der Waals surface area contributed by atoms with E-state index in [4.69, 9.17) is 0 Å². The van der Waals surface area contributed by atoms with Gasteiger partial charge >= 0.3 is 4.87 Å². The molecule has 1 aromatic heterocycles. The Labute approximate surface area is 182 Å². The van der Waals surface area contributed by atoms with E-state index < -0.39 is 33.8 Å². The quantitative estimate of drug-likeness (QED) is 0.352. The minimum atomic E-state index is -0.926. The summed E-state index contributed by atoms with van der Waals surface area (Å²) in [4.78, 5) is 53.4. The average Bonchev–Trinajstić information content (AvgIpc) is 3.24. The number of phenolic OH excluding ortho intramolecular Hbond substituents is 1. The summed E-state index contributed by atoms with van der Waals surface area (Å²) in [5, 5.41) is 21.4. The fraction of sp³-hybridized carbons (Fsp3) is 0.150. The summed E-state index contributed by atoms with van der Waals surface area (Å²) >= 11 is 1.97. The number of carbonyl (C=O) groups is 2. The fourth-order valence-electron chi connectivity index (χ4n) is 4.09. The van der Waals surface area contributed by atoms with Gasteiger partial charge in [0.15, 0.2) is 0 Å². The van der Waals surface area contributed by atoms with Crippen LogP contribution in [0.5, 0.6) is 5.75 Å². The number of nitrogens with one attached hydrogen (secondary N) is 1. The molecule has 0 unspecified atom stereocenters. The molecule has 0 bridgehead atoms. The third kappa shape index (κ3) is 2.96. The Balaban J connectivity index is 1.70. The zero-order valence-electron chi connectivity index (χ0n) is 15.6. The Hall–Kier alpha value is -3.44. The first-order valence-corrected chi connectivity index (χ1v) is 10.9. The number of nitro groups is 1. The summed E-state index contributed by atoms with van der Waals surface area (Å²) in [5.74, 6) is -2.96. The van der Waals surface area contributed by atoms with Gasteiger partial charge in [0.1, 0.15) is 11.0 Å². The van der Waals surface area contributed by atoms with Gasteiger partial charge < -0.3 is 10.1 Å². The van der Waals surface area contributed by atoms with Crippen LogP contribution in [0.1, 0.15) is 16.4 Å². The van der Waals surface area contributed by atoms with Crippen LogP contribution in [-0.2, 0) is 9.59 Å². The summed E-state index contributed by atoms with van der Waals surface area (Å²) in [6, 6.07) is 12.0. The van der Waals surface area contributed by atoms with Crippen molar-refractivity contribution in [3.63, 3.8) is 0 Å². The van der Waals surface area contributed by atoms with Crippen molar-refractivity contribution in [3.05, 3.63) is 78.8 Å². The lowest BCUT2D eigenvalue weighted by Gasteiger charge is -2.30. The number of para-hydroxylation sites is 1. The van der Waals surface area contributed by atoms with Gasteiger partial charge in [-0.1, -0.05) is 41.3 Å². The van der Waals surface area contributed by atoms with Crippen molar-refractivity contribution >= 4 is 46.3 Å². The highest BCUT2D eigenvalue weighted by atomic mass is 32.2. The second-order valence-corrected chi connectivity index (χ2v) is 9.26. The SMILES string of the molecule is O=C1[C@H]2[C@@H](c3cc([N+](=O)[O-])ccc3O)c3sc(=O)[nH]c3S[C@@H]2C(=O)N1c1ccccc1. The zero-order valence-corrected chi connectivity index (χ0v) is 17.2. The smallest absolute Gasteiger partial charge is 0.305 e. The number of aromatic nitrogens is 1. The predicted molar refractivity (Wildman–Crippen MR) is 114 cm³/mol. The second-order valence-electron chi connectivity index (χ2n) is 7.10. The summed E-state index contributed by atoms with van der Waals surface area (Å²) in [5.41, 5.74) is 0.298. The molecule has 31 heavy (non-hydrogen) atoms. The standard InChI is InChI=1S/C20H13N3O6S2/c24-12-7-6-10(23(28)29)8-11(12)13-14-16(30-17-15(13)31-20(27)21-17)19(26)22(18(14)25)9-4-2-1-3-5-9/h1-8,13-14,16,24H,(H,21,27)/t13-,14+,16+/m1/s1. The zero-order chi connectivity index (χ0) is 21.9. The first-order valence-electron chi connectivity index (χ1n) is 9.16. The fourth-order valence-corrected chi connectivity index (χ4v) is 6.59. The number of hydrogen-bond acceptors (Lipinski definition) is 8. The van der Waals surface area contributed by atoms with E-state index in [1.54, 1.807) is 30.3 Å². The number of amides is 2. The Morgan fingerprint density at radius 2 is 1.81 bits per heavy atom.